The van der Waals surface area contributed by atoms with Crippen LogP contribution in [0.25, 0.3) is 0 Å². The Morgan fingerprint density at radius 1 is 1.33 bits per heavy atom. The Kier molecular flexibility index (Phi) is 7.62. The molecule has 0 saturated heterocycles. The summed E-state index contributed by atoms with van der Waals surface area (Å²) in [5.74, 6) is 0.388. The van der Waals surface area contributed by atoms with Crippen molar-refractivity contribution in [3.63, 3.8) is 0 Å². The van der Waals surface area contributed by atoms with Gasteiger partial charge in [-0.05, 0) is 23.3 Å². The lowest BCUT2D eigenvalue weighted by Gasteiger charge is -2.15. The summed E-state index contributed by atoms with van der Waals surface area (Å²) in [6.07, 6.45) is -0.432. The van der Waals surface area contributed by atoms with Gasteiger partial charge in [0.1, 0.15) is 0 Å². The van der Waals surface area contributed by atoms with Gasteiger partial charge < -0.3 is 14.8 Å². The van der Waals surface area contributed by atoms with Gasteiger partial charge in [0.05, 0.1) is 11.8 Å². The van der Waals surface area contributed by atoms with E-state index in [-0.39, 0.29) is 11.2 Å². The fraction of sp³-hybridized carbons (Fsp3) is 0.833. The molecule has 1 rings (SSSR count). The second-order valence-electron chi connectivity index (χ2n) is 4.94. The molecule has 0 spiro atoms. The zero-order valence-electron chi connectivity index (χ0n) is 13.1. The number of hydrogen-bond donors (Lipinski definition) is 1. The third-order valence-corrected chi connectivity index (χ3v) is 3.75. The highest BCUT2D eigenvalue weighted by molar-refractivity contribution is 8.00. The van der Waals surface area contributed by atoms with Crippen molar-refractivity contribution >= 4 is 17.7 Å². The van der Waals surface area contributed by atoms with Crippen LogP contribution in [0.3, 0.4) is 0 Å². The highest BCUT2D eigenvalue weighted by Gasteiger charge is 2.20. The number of methoxy groups -OCH3 is 2. The molecule has 1 heterocycles. The van der Waals surface area contributed by atoms with Crippen LogP contribution in [0.15, 0.2) is 5.16 Å². The molecule has 0 aliphatic carbocycles. The van der Waals surface area contributed by atoms with E-state index in [0.29, 0.717) is 24.2 Å². The molecular formula is C12H23N5O3S. The van der Waals surface area contributed by atoms with Crippen LogP contribution in [0.1, 0.15) is 20.8 Å². The summed E-state index contributed by atoms with van der Waals surface area (Å²) in [5, 5.41) is 14.6. The van der Waals surface area contributed by atoms with E-state index in [0.717, 1.165) is 0 Å². The van der Waals surface area contributed by atoms with Crippen LogP contribution in [0.4, 0.5) is 0 Å². The van der Waals surface area contributed by atoms with Crippen molar-refractivity contribution in [2.75, 3.05) is 20.8 Å². The van der Waals surface area contributed by atoms with Gasteiger partial charge in [-0.3, -0.25) is 4.79 Å². The van der Waals surface area contributed by atoms with E-state index in [9.17, 15) is 4.79 Å². The second-order valence-corrected chi connectivity index (χ2v) is 6.25. The summed E-state index contributed by atoms with van der Waals surface area (Å²) in [5.41, 5.74) is 0. The first-order valence-electron chi connectivity index (χ1n) is 6.74. The molecule has 120 valence electrons. The molecule has 8 nitrogen and oxygen atoms in total. The number of rotatable bonds is 9. The highest BCUT2D eigenvalue weighted by atomic mass is 32.2. The maximum atomic E-state index is 12.0. The molecule has 1 amide bonds. The maximum Gasteiger partial charge on any atom is 0.233 e. The van der Waals surface area contributed by atoms with E-state index in [1.54, 1.807) is 18.9 Å². The predicted molar refractivity (Wildman–Crippen MR) is 78.8 cm³/mol. The Morgan fingerprint density at radius 2 is 2.00 bits per heavy atom. The molecule has 1 aromatic rings. The molecule has 1 N–H and O–H groups in total. The van der Waals surface area contributed by atoms with Crippen molar-refractivity contribution in [3.05, 3.63) is 0 Å². The van der Waals surface area contributed by atoms with Crippen molar-refractivity contribution in [2.24, 2.45) is 5.92 Å². The summed E-state index contributed by atoms with van der Waals surface area (Å²) in [6, 6.07) is 0. The minimum absolute atomic E-state index is 0.0294. The number of nitrogens with one attached hydrogen (secondary N) is 1. The van der Waals surface area contributed by atoms with Crippen molar-refractivity contribution < 1.29 is 14.3 Å². The minimum Gasteiger partial charge on any atom is -0.355 e. The molecular weight excluding hydrogens is 294 g/mol. The normalized spacial score (nSPS) is 12.9. The number of aromatic nitrogens is 4. The first-order valence-corrected chi connectivity index (χ1v) is 7.62. The zero-order chi connectivity index (χ0) is 15.8. The first kappa shape index (κ1) is 17.9. The third-order valence-electron chi connectivity index (χ3n) is 2.68. The molecule has 0 aliphatic heterocycles. The van der Waals surface area contributed by atoms with Crippen LogP contribution in [-0.2, 0) is 20.8 Å². The molecule has 0 aromatic carbocycles. The summed E-state index contributed by atoms with van der Waals surface area (Å²) >= 11 is 1.30. The topological polar surface area (TPSA) is 91.2 Å². The minimum atomic E-state index is -0.432. The van der Waals surface area contributed by atoms with Gasteiger partial charge in [-0.15, -0.1) is 5.10 Å². The summed E-state index contributed by atoms with van der Waals surface area (Å²) in [7, 11) is 3.10. The average molecular weight is 317 g/mol. The molecule has 0 bridgehead atoms. The lowest BCUT2D eigenvalue weighted by Crippen LogP contribution is -2.33. The van der Waals surface area contributed by atoms with E-state index < -0.39 is 6.29 Å². The van der Waals surface area contributed by atoms with Gasteiger partial charge in [0.15, 0.2) is 6.29 Å². The van der Waals surface area contributed by atoms with Crippen LogP contribution in [-0.4, -0.2) is 58.4 Å². The van der Waals surface area contributed by atoms with Crippen LogP contribution in [0.5, 0.6) is 0 Å². The highest BCUT2D eigenvalue weighted by Crippen LogP contribution is 2.20. The van der Waals surface area contributed by atoms with Gasteiger partial charge in [-0.2, -0.15) is 0 Å². The van der Waals surface area contributed by atoms with Crippen LogP contribution < -0.4 is 5.32 Å². The smallest absolute Gasteiger partial charge is 0.233 e. The molecule has 0 aliphatic rings. The number of amides is 1. The lowest BCUT2D eigenvalue weighted by atomic mass is 10.2. The van der Waals surface area contributed by atoms with Gasteiger partial charge >= 0.3 is 0 Å². The first-order chi connectivity index (χ1) is 9.97. The number of tetrazole rings is 1. The molecule has 9 heteroatoms. The van der Waals surface area contributed by atoms with Crippen molar-refractivity contribution in [2.45, 2.75) is 44.0 Å². The molecule has 1 unspecified atom stereocenters. The average Bonchev–Trinajstić information content (AvgIpc) is 2.88. The molecule has 1 aromatic heterocycles. The fourth-order valence-electron chi connectivity index (χ4n) is 1.44. The largest absolute Gasteiger partial charge is 0.355 e. The number of nitrogens with zero attached hydrogens (tertiary/aromatic N) is 4. The number of thioether (sulfide) groups is 1. The van der Waals surface area contributed by atoms with Crippen molar-refractivity contribution in [1.29, 1.82) is 0 Å². The summed E-state index contributed by atoms with van der Waals surface area (Å²) in [4.78, 5) is 12.0. The standard InChI is InChI=1S/C12H23N5O3S/c1-8(2)6-13-11(18)9(3)21-12-14-15-16-17(12)7-10(19-4)20-5/h8-10H,6-7H2,1-5H3,(H,13,18). The summed E-state index contributed by atoms with van der Waals surface area (Å²) < 4.78 is 11.8. The monoisotopic (exact) mass is 317 g/mol. The summed E-state index contributed by atoms with van der Waals surface area (Å²) in [6.45, 7) is 6.94. The fourth-order valence-corrected chi connectivity index (χ4v) is 2.26. The Labute approximate surface area is 128 Å². The molecule has 0 fully saturated rings. The number of ether oxygens (including phenoxy) is 2. The molecule has 21 heavy (non-hydrogen) atoms. The molecule has 0 saturated carbocycles. The lowest BCUT2D eigenvalue weighted by molar-refractivity contribution is -0.120. The van der Waals surface area contributed by atoms with E-state index in [1.165, 1.54) is 11.8 Å². The third kappa shape index (κ3) is 5.98. The van der Waals surface area contributed by atoms with E-state index in [1.807, 2.05) is 20.8 Å². The Bertz CT molecular complexity index is 436. The van der Waals surface area contributed by atoms with Gasteiger partial charge in [0.25, 0.3) is 0 Å². The number of hydrogen-bond acceptors (Lipinski definition) is 7. The second kappa shape index (κ2) is 8.96. The molecule has 0 radical (unpaired) electrons. The van der Waals surface area contributed by atoms with Crippen LogP contribution in [0.2, 0.25) is 0 Å². The van der Waals surface area contributed by atoms with E-state index in [2.05, 4.69) is 20.8 Å². The van der Waals surface area contributed by atoms with E-state index >= 15 is 0 Å². The quantitative estimate of drug-likeness (QED) is 0.525. The molecule has 1 atom stereocenters. The van der Waals surface area contributed by atoms with Gasteiger partial charge in [0.2, 0.25) is 11.1 Å². The van der Waals surface area contributed by atoms with Crippen LogP contribution >= 0.6 is 11.8 Å². The maximum absolute atomic E-state index is 12.0. The van der Waals surface area contributed by atoms with Gasteiger partial charge in [0, 0.05) is 20.8 Å². The Hall–Kier alpha value is -1.19. The zero-order valence-corrected chi connectivity index (χ0v) is 13.9. The Morgan fingerprint density at radius 3 is 2.57 bits per heavy atom. The number of carbonyl (C=O) groups is 1. The van der Waals surface area contributed by atoms with E-state index in [4.69, 9.17) is 9.47 Å². The van der Waals surface area contributed by atoms with Gasteiger partial charge in [-0.1, -0.05) is 25.6 Å². The van der Waals surface area contributed by atoms with Crippen LogP contribution in [0, 0.1) is 5.92 Å². The van der Waals surface area contributed by atoms with Crippen molar-refractivity contribution in [1.82, 2.24) is 25.5 Å². The Balaban J connectivity index is 2.58. The predicted octanol–water partition coefficient (Wildman–Crippen LogP) is 0.545. The van der Waals surface area contributed by atoms with Crippen molar-refractivity contribution in [3.8, 4) is 0 Å². The SMILES string of the molecule is COC(Cn1nnnc1SC(C)C(=O)NCC(C)C)OC. The van der Waals surface area contributed by atoms with Gasteiger partial charge in [-0.25, -0.2) is 4.68 Å². The number of carbonyl (C=O) groups excluding carboxylic acids is 1.